The van der Waals surface area contributed by atoms with Crippen LogP contribution < -0.4 is 4.74 Å². The van der Waals surface area contributed by atoms with Crippen molar-refractivity contribution in [1.29, 1.82) is 0 Å². The number of aromatic nitrogens is 2. The molecule has 0 amide bonds. The van der Waals surface area contributed by atoms with Crippen molar-refractivity contribution in [2.24, 2.45) is 0 Å². The van der Waals surface area contributed by atoms with E-state index in [4.69, 9.17) is 9.47 Å². The minimum absolute atomic E-state index is 0.319. The molecule has 1 atom stereocenters. The summed E-state index contributed by atoms with van der Waals surface area (Å²) in [4.78, 5) is 9.41. The second-order valence-corrected chi connectivity index (χ2v) is 7.76. The van der Waals surface area contributed by atoms with Crippen molar-refractivity contribution in [3.8, 4) is 5.75 Å². The van der Waals surface area contributed by atoms with Gasteiger partial charge in [0.1, 0.15) is 11.4 Å². The van der Waals surface area contributed by atoms with Gasteiger partial charge in [0.25, 0.3) is 0 Å². The quantitative estimate of drug-likeness (QED) is 0.583. The first-order valence-electron chi connectivity index (χ1n) is 10.5. The molecule has 2 aromatic heterocycles. The molecule has 1 fully saturated rings. The molecule has 0 aliphatic carbocycles. The van der Waals surface area contributed by atoms with Crippen LogP contribution in [0.25, 0.3) is 5.65 Å². The average molecular weight is 411 g/mol. The fourth-order valence-corrected chi connectivity index (χ4v) is 3.90. The zero-order valence-electron chi connectivity index (χ0n) is 17.5. The molecule has 3 heterocycles. The summed E-state index contributed by atoms with van der Waals surface area (Å²) in [6.07, 6.45) is 3.63. The molecule has 1 N–H and O–H groups in total. The van der Waals surface area contributed by atoms with Crippen LogP contribution in [0.4, 0.5) is 0 Å². The van der Waals surface area contributed by atoms with E-state index in [0.29, 0.717) is 19.8 Å². The van der Waals surface area contributed by atoms with E-state index in [2.05, 4.69) is 25.4 Å². The highest BCUT2D eigenvalue weighted by molar-refractivity contribution is 5.39. The smallest absolute Gasteiger partial charge is 0.137 e. The Kier molecular flexibility index (Phi) is 6.96. The fraction of sp³-hybridized carbons (Fsp3) is 0.435. The summed E-state index contributed by atoms with van der Waals surface area (Å²) in [5.74, 6) is 0.814. The summed E-state index contributed by atoms with van der Waals surface area (Å²) in [6.45, 7) is 6.08. The van der Waals surface area contributed by atoms with Crippen LogP contribution in [0.2, 0.25) is 0 Å². The number of benzene rings is 1. The van der Waals surface area contributed by atoms with E-state index < -0.39 is 6.10 Å². The zero-order valence-corrected chi connectivity index (χ0v) is 17.5. The van der Waals surface area contributed by atoms with E-state index in [-0.39, 0.29) is 0 Å². The van der Waals surface area contributed by atoms with Crippen LogP contribution in [0, 0.1) is 0 Å². The van der Waals surface area contributed by atoms with Gasteiger partial charge in [0.05, 0.1) is 32.1 Å². The number of β-amino-alcohol motifs (C(OH)–C–C–N with tert-alkyl or cyclic N) is 1. The Bertz CT molecular complexity index is 904. The lowest BCUT2D eigenvalue weighted by atomic mass is 10.2. The maximum atomic E-state index is 10.4. The molecular weight excluding hydrogens is 380 g/mol. The number of hydrogen-bond acceptors (Lipinski definition) is 6. The Balaban J connectivity index is 1.17. The topological polar surface area (TPSA) is 62.5 Å². The number of rotatable bonds is 9. The second-order valence-electron chi connectivity index (χ2n) is 7.76. The molecule has 0 spiro atoms. The molecule has 1 saturated heterocycles. The minimum Gasteiger partial charge on any atom is -0.496 e. The molecule has 1 aromatic carbocycles. The second kappa shape index (κ2) is 10.0. The van der Waals surface area contributed by atoms with Crippen molar-refractivity contribution in [2.45, 2.75) is 19.3 Å². The third kappa shape index (κ3) is 5.37. The lowest BCUT2D eigenvalue weighted by molar-refractivity contribution is 0.000418. The van der Waals surface area contributed by atoms with E-state index in [1.165, 1.54) is 0 Å². The van der Waals surface area contributed by atoms with Gasteiger partial charge >= 0.3 is 0 Å². The summed E-state index contributed by atoms with van der Waals surface area (Å²) in [5, 5.41) is 10.4. The van der Waals surface area contributed by atoms with Gasteiger partial charge < -0.3 is 19.0 Å². The Hall–Kier alpha value is -2.45. The largest absolute Gasteiger partial charge is 0.496 e. The number of aliphatic hydroxyl groups excluding tert-OH is 1. The van der Waals surface area contributed by atoms with E-state index in [0.717, 1.165) is 55.4 Å². The Morgan fingerprint density at radius 2 is 1.80 bits per heavy atom. The molecule has 3 aromatic rings. The van der Waals surface area contributed by atoms with E-state index in [1.54, 1.807) is 7.11 Å². The first-order chi connectivity index (χ1) is 14.7. The number of hydrogen-bond donors (Lipinski definition) is 1. The summed E-state index contributed by atoms with van der Waals surface area (Å²) >= 11 is 0. The van der Waals surface area contributed by atoms with E-state index in [9.17, 15) is 5.11 Å². The van der Waals surface area contributed by atoms with Crippen molar-refractivity contribution < 1.29 is 14.6 Å². The summed E-state index contributed by atoms with van der Waals surface area (Å²) < 4.78 is 13.1. The molecule has 1 aliphatic heterocycles. The average Bonchev–Trinajstić information content (AvgIpc) is 3.18. The number of ether oxygens (including phenoxy) is 2. The van der Waals surface area contributed by atoms with Gasteiger partial charge in [-0.15, -0.1) is 0 Å². The summed E-state index contributed by atoms with van der Waals surface area (Å²) in [5.41, 5.74) is 3.08. The number of methoxy groups -OCH3 is 1. The van der Waals surface area contributed by atoms with Crippen molar-refractivity contribution in [3.63, 3.8) is 0 Å². The van der Waals surface area contributed by atoms with Gasteiger partial charge in [-0.2, -0.15) is 0 Å². The third-order valence-electron chi connectivity index (χ3n) is 5.49. The highest BCUT2D eigenvalue weighted by Gasteiger charge is 2.20. The van der Waals surface area contributed by atoms with Crippen LogP contribution in [0.1, 0.15) is 11.3 Å². The van der Waals surface area contributed by atoms with Crippen molar-refractivity contribution in [3.05, 3.63) is 66.1 Å². The molecule has 4 rings (SSSR count). The number of piperazine rings is 1. The molecular formula is C23H30N4O3. The number of fused-ring (bicyclic) bond motifs is 1. The van der Waals surface area contributed by atoms with Crippen molar-refractivity contribution >= 4 is 5.65 Å². The van der Waals surface area contributed by atoms with Gasteiger partial charge in [0.2, 0.25) is 0 Å². The Morgan fingerprint density at radius 1 is 1.03 bits per heavy atom. The molecule has 0 radical (unpaired) electrons. The van der Waals surface area contributed by atoms with Crippen LogP contribution in [0.5, 0.6) is 5.75 Å². The lowest BCUT2D eigenvalue weighted by Gasteiger charge is -2.35. The van der Waals surface area contributed by atoms with Gasteiger partial charge in [-0.05, 0) is 18.2 Å². The van der Waals surface area contributed by atoms with Crippen LogP contribution in [-0.4, -0.2) is 76.8 Å². The van der Waals surface area contributed by atoms with Crippen LogP contribution >= 0.6 is 0 Å². The number of aliphatic hydroxyl groups is 1. The number of pyridine rings is 1. The van der Waals surface area contributed by atoms with Crippen molar-refractivity contribution in [1.82, 2.24) is 19.2 Å². The summed E-state index contributed by atoms with van der Waals surface area (Å²) in [6, 6.07) is 13.8. The highest BCUT2D eigenvalue weighted by Crippen LogP contribution is 2.18. The molecule has 0 unspecified atom stereocenters. The fourth-order valence-electron chi connectivity index (χ4n) is 3.90. The van der Waals surface area contributed by atoms with Crippen molar-refractivity contribution in [2.75, 3.05) is 46.4 Å². The zero-order chi connectivity index (χ0) is 20.8. The molecule has 160 valence electrons. The predicted molar refractivity (Wildman–Crippen MR) is 116 cm³/mol. The van der Waals surface area contributed by atoms with E-state index in [1.807, 2.05) is 48.7 Å². The lowest BCUT2D eigenvalue weighted by Crippen LogP contribution is -2.48. The molecule has 0 bridgehead atoms. The first-order valence-corrected chi connectivity index (χ1v) is 10.5. The van der Waals surface area contributed by atoms with Gasteiger partial charge in [-0.1, -0.05) is 24.3 Å². The normalized spacial score (nSPS) is 16.7. The standard InChI is InChI=1S/C23H30N4O3/c1-29-22-7-3-2-6-19(22)17-30-18-21(28)16-26-12-10-25(11-13-26)14-20-15-27-9-5-4-8-23(27)24-20/h2-9,15,21,28H,10-14,16-18H2,1H3/t21-/m0/s1. The summed E-state index contributed by atoms with van der Waals surface area (Å²) in [7, 11) is 1.66. The maximum absolute atomic E-state index is 10.4. The highest BCUT2D eigenvalue weighted by atomic mass is 16.5. The number of para-hydroxylation sites is 1. The molecule has 30 heavy (non-hydrogen) atoms. The van der Waals surface area contributed by atoms with Gasteiger partial charge in [-0.3, -0.25) is 9.80 Å². The van der Waals surface area contributed by atoms with Gasteiger partial charge in [-0.25, -0.2) is 4.98 Å². The molecule has 0 saturated carbocycles. The number of imidazole rings is 1. The van der Waals surface area contributed by atoms with Gasteiger partial charge in [0, 0.05) is 57.2 Å². The molecule has 7 nitrogen and oxygen atoms in total. The Morgan fingerprint density at radius 3 is 2.60 bits per heavy atom. The monoisotopic (exact) mass is 410 g/mol. The van der Waals surface area contributed by atoms with E-state index >= 15 is 0 Å². The van der Waals surface area contributed by atoms with Crippen LogP contribution in [-0.2, 0) is 17.9 Å². The minimum atomic E-state index is -0.496. The number of nitrogens with zero attached hydrogens (tertiary/aromatic N) is 4. The van der Waals surface area contributed by atoms with Crippen LogP contribution in [0.15, 0.2) is 54.9 Å². The molecule has 1 aliphatic rings. The third-order valence-corrected chi connectivity index (χ3v) is 5.49. The first kappa shape index (κ1) is 20.8. The Labute approximate surface area is 177 Å². The molecule has 7 heteroatoms. The predicted octanol–water partition coefficient (Wildman–Crippen LogP) is 2.04. The SMILES string of the molecule is COc1ccccc1COC[C@@H](O)CN1CCN(Cc2cn3ccccc3n2)CC1. The van der Waals surface area contributed by atoms with Gasteiger partial charge in [0.15, 0.2) is 0 Å². The maximum Gasteiger partial charge on any atom is 0.137 e. The van der Waals surface area contributed by atoms with Crippen LogP contribution in [0.3, 0.4) is 0 Å².